The molecule has 36 heavy (non-hydrogen) atoms. The Labute approximate surface area is 212 Å². The summed E-state index contributed by atoms with van der Waals surface area (Å²) < 4.78 is 18.7. The van der Waals surface area contributed by atoms with Crippen molar-refractivity contribution in [2.24, 2.45) is 5.92 Å². The van der Waals surface area contributed by atoms with Gasteiger partial charge in [-0.15, -0.1) is 5.10 Å². The molecule has 3 heterocycles. The number of aromatic nitrogens is 3. The second-order valence-electron chi connectivity index (χ2n) is 10.8. The summed E-state index contributed by atoms with van der Waals surface area (Å²) in [6.45, 7) is 12.5. The predicted molar refractivity (Wildman–Crippen MR) is 135 cm³/mol. The van der Waals surface area contributed by atoms with Crippen LogP contribution in [0.5, 0.6) is 0 Å². The van der Waals surface area contributed by atoms with Gasteiger partial charge in [-0.05, 0) is 64.1 Å². The lowest BCUT2D eigenvalue weighted by Gasteiger charge is -2.32. The highest BCUT2D eigenvalue weighted by Crippen LogP contribution is 2.36. The normalized spacial score (nSPS) is 21.6. The summed E-state index contributed by atoms with van der Waals surface area (Å²) in [5.74, 6) is -0.227. The van der Waals surface area contributed by atoms with Crippen molar-refractivity contribution in [3.05, 3.63) is 36.2 Å². The highest BCUT2D eigenvalue weighted by atomic mass is 16.7. The lowest BCUT2D eigenvalue weighted by Crippen LogP contribution is -2.51. The summed E-state index contributed by atoms with van der Waals surface area (Å²) >= 11 is 0. The summed E-state index contributed by atoms with van der Waals surface area (Å²) in [6.07, 6.45) is 2.88. The Bertz CT molecular complexity index is 1080. The average Bonchev–Trinajstić information content (AvgIpc) is 3.54. The third-order valence-electron chi connectivity index (χ3n) is 7.46. The maximum absolute atomic E-state index is 13.3. The van der Waals surface area contributed by atoms with Gasteiger partial charge < -0.3 is 24.3 Å². The van der Waals surface area contributed by atoms with Gasteiger partial charge in [0.05, 0.1) is 36.2 Å². The number of rotatable bonds is 6. The van der Waals surface area contributed by atoms with Crippen LogP contribution in [0.15, 0.2) is 30.5 Å². The van der Waals surface area contributed by atoms with Gasteiger partial charge in [0.2, 0.25) is 5.91 Å². The molecule has 2 aliphatic rings. The van der Waals surface area contributed by atoms with Gasteiger partial charge in [-0.25, -0.2) is 9.48 Å². The summed E-state index contributed by atoms with van der Waals surface area (Å²) in [6, 6.07) is 6.97. The second-order valence-corrected chi connectivity index (χ2v) is 10.8. The number of carbonyl (C=O) groups excluding carboxylic acids is 2. The molecule has 2 atom stereocenters. The molecule has 0 bridgehead atoms. The topological polar surface area (TPSA) is 108 Å². The first-order valence-corrected chi connectivity index (χ1v) is 12.5. The Morgan fingerprint density at radius 2 is 1.78 bits per heavy atom. The van der Waals surface area contributed by atoms with Crippen molar-refractivity contribution >= 4 is 24.6 Å². The van der Waals surface area contributed by atoms with Gasteiger partial charge in [0.15, 0.2) is 0 Å². The zero-order valence-electron chi connectivity index (χ0n) is 22.1. The lowest BCUT2D eigenvalue weighted by molar-refractivity contribution is -0.135. The van der Waals surface area contributed by atoms with Crippen molar-refractivity contribution in [3.63, 3.8) is 0 Å². The Hall–Kier alpha value is -2.92. The number of hydrogen-bond donors (Lipinski definition) is 1. The van der Waals surface area contributed by atoms with Crippen LogP contribution in [-0.4, -0.2) is 69.9 Å². The van der Waals surface area contributed by atoms with E-state index in [9.17, 15) is 9.59 Å². The Morgan fingerprint density at radius 1 is 1.14 bits per heavy atom. The molecule has 2 aliphatic heterocycles. The van der Waals surface area contributed by atoms with Crippen LogP contribution >= 0.6 is 0 Å². The van der Waals surface area contributed by atoms with Gasteiger partial charge in [-0.3, -0.25) is 4.79 Å². The van der Waals surface area contributed by atoms with Crippen LogP contribution in [0.1, 0.15) is 66.1 Å². The zero-order chi connectivity index (χ0) is 26.3. The van der Waals surface area contributed by atoms with Crippen LogP contribution in [0.25, 0.3) is 5.69 Å². The molecule has 1 aromatic heterocycles. The van der Waals surface area contributed by atoms with Crippen LogP contribution in [0, 0.1) is 5.92 Å². The molecule has 0 spiro atoms. The number of carbonyl (C=O) groups is 2. The first kappa shape index (κ1) is 26.2. The molecule has 1 N–H and O–H groups in total. The highest BCUT2D eigenvalue weighted by Gasteiger charge is 2.51. The molecule has 10 nitrogen and oxygen atoms in total. The monoisotopic (exact) mass is 497 g/mol. The summed E-state index contributed by atoms with van der Waals surface area (Å²) in [7, 11) is 0.858. The Morgan fingerprint density at radius 3 is 2.36 bits per heavy atom. The van der Waals surface area contributed by atoms with E-state index in [1.165, 1.54) is 7.11 Å². The molecular weight excluding hydrogens is 461 g/mol. The number of likely N-dealkylation sites (tertiary alicyclic amines) is 1. The van der Waals surface area contributed by atoms with E-state index in [1.807, 2.05) is 72.0 Å². The number of hydrogen-bond acceptors (Lipinski definition) is 7. The van der Waals surface area contributed by atoms with Crippen molar-refractivity contribution in [3.8, 4) is 5.69 Å². The number of ether oxygens (including phenoxy) is 1. The molecule has 0 unspecified atom stereocenters. The van der Waals surface area contributed by atoms with Crippen molar-refractivity contribution in [2.45, 2.75) is 77.7 Å². The maximum Gasteiger partial charge on any atom is 0.494 e. The molecule has 194 valence electrons. The number of amides is 2. The lowest BCUT2D eigenvalue weighted by atomic mass is 9.79. The molecule has 2 amide bonds. The van der Waals surface area contributed by atoms with Gasteiger partial charge in [0.25, 0.3) is 0 Å². The fourth-order valence-electron chi connectivity index (χ4n) is 4.54. The van der Waals surface area contributed by atoms with E-state index in [-0.39, 0.29) is 17.9 Å². The van der Waals surface area contributed by atoms with E-state index in [0.29, 0.717) is 6.54 Å². The number of benzene rings is 1. The molecule has 2 fully saturated rings. The van der Waals surface area contributed by atoms with Gasteiger partial charge in [0, 0.05) is 6.54 Å². The molecule has 1 aromatic carbocycles. The van der Waals surface area contributed by atoms with Gasteiger partial charge >= 0.3 is 13.2 Å². The van der Waals surface area contributed by atoms with Crippen LogP contribution < -0.4 is 10.8 Å². The van der Waals surface area contributed by atoms with E-state index < -0.39 is 30.5 Å². The minimum Gasteiger partial charge on any atom is -0.453 e. The quantitative estimate of drug-likeness (QED) is 0.612. The summed E-state index contributed by atoms with van der Waals surface area (Å²) in [5, 5.41) is 11.4. The zero-order valence-corrected chi connectivity index (χ0v) is 22.1. The molecule has 2 aromatic rings. The molecule has 2 saturated heterocycles. The fraction of sp³-hybridized carbons (Fsp3) is 0.600. The summed E-state index contributed by atoms with van der Waals surface area (Å²) in [4.78, 5) is 26.9. The van der Waals surface area contributed by atoms with Gasteiger partial charge in [0.1, 0.15) is 11.7 Å². The van der Waals surface area contributed by atoms with Crippen molar-refractivity contribution in [1.82, 2.24) is 25.2 Å². The second kappa shape index (κ2) is 9.86. The minimum absolute atomic E-state index is 0.0870. The standard InChI is InChI=1S/C25H36BN5O5/c1-16(2)21(27-23(33)34-7)22(32)30-14-8-9-20(30)19-15-31(29-28-19)18-12-10-17(11-13-18)26-35-24(3,4)25(5,6)36-26/h10-13,15-16,20-21H,8-9,14H2,1-7H3,(H,27,33)/t20-,21-/m0/s1. The molecule has 4 rings (SSSR count). The van der Waals surface area contributed by atoms with Crippen molar-refractivity contribution in [1.29, 1.82) is 0 Å². The molecule has 0 saturated carbocycles. The van der Waals surface area contributed by atoms with Crippen molar-refractivity contribution < 1.29 is 23.6 Å². The highest BCUT2D eigenvalue weighted by molar-refractivity contribution is 6.62. The van der Waals surface area contributed by atoms with E-state index in [4.69, 9.17) is 14.0 Å². The average molecular weight is 497 g/mol. The first-order valence-electron chi connectivity index (χ1n) is 12.5. The summed E-state index contributed by atoms with van der Waals surface area (Å²) in [5.41, 5.74) is 1.70. The molecule has 0 aliphatic carbocycles. The maximum atomic E-state index is 13.3. The first-order chi connectivity index (χ1) is 16.9. The number of nitrogens with zero attached hydrogens (tertiary/aromatic N) is 4. The Balaban J connectivity index is 1.48. The van der Waals surface area contributed by atoms with Crippen LogP contribution in [0.4, 0.5) is 4.79 Å². The predicted octanol–water partition coefficient (Wildman–Crippen LogP) is 2.61. The fourth-order valence-corrected chi connectivity index (χ4v) is 4.54. The van der Waals surface area contributed by atoms with E-state index in [1.54, 1.807) is 9.58 Å². The third-order valence-corrected chi connectivity index (χ3v) is 7.46. The van der Waals surface area contributed by atoms with Gasteiger partial charge in [-0.1, -0.05) is 31.2 Å². The van der Waals surface area contributed by atoms with E-state index >= 15 is 0 Å². The SMILES string of the molecule is COC(=O)N[C@H](C(=O)N1CCC[C@H]1c1cn(-c2ccc(B3OC(C)(C)C(C)(C)O3)cc2)nn1)C(C)C. The number of alkyl carbamates (subject to hydrolysis) is 1. The number of methoxy groups -OCH3 is 1. The smallest absolute Gasteiger partial charge is 0.453 e. The molecular formula is C25H36BN5O5. The Kier molecular flexibility index (Phi) is 7.16. The largest absolute Gasteiger partial charge is 0.494 e. The third kappa shape index (κ3) is 4.99. The van der Waals surface area contributed by atoms with Crippen LogP contribution in [0.2, 0.25) is 0 Å². The minimum atomic E-state index is -0.671. The van der Waals surface area contributed by atoms with E-state index in [0.717, 1.165) is 29.7 Å². The van der Waals surface area contributed by atoms with E-state index in [2.05, 4.69) is 15.6 Å². The molecule has 11 heteroatoms. The van der Waals surface area contributed by atoms with Gasteiger partial charge in [-0.2, -0.15) is 0 Å². The van der Waals surface area contributed by atoms with Crippen LogP contribution in [-0.2, 0) is 18.8 Å². The molecule has 0 radical (unpaired) electrons. The van der Waals surface area contributed by atoms with Crippen LogP contribution in [0.3, 0.4) is 0 Å². The van der Waals surface area contributed by atoms with Crippen molar-refractivity contribution in [2.75, 3.05) is 13.7 Å². The number of nitrogens with one attached hydrogen (secondary N) is 1.